The Kier molecular flexibility index (Phi) is 5.53. The fourth-order valence-electron chi connectivity index (χ4n) is 4.04. The number of morpholine rings is 1. The molecule has 0 saturated carbocycles. The van der Waals surface area contributed by atoms with Gasteiger partial charge < -0.3 is 23.9 Å². The Bertz CT molecular complexity index is 1120. The summed E-state index contributed by atoms with van der Waals surface area (Å²) in [5.41, 5.74) is 1.07. The summed E-state index contributed by atoms with van der Waals surface area (Å²) in [4.78, 5) is 18.4. The van der Waals surface area contributed by atoms with E-state index in [0.717, 1.165) is 5.39 Å². The maximum atomic E-state index is 13.2. The SMILES string of the molecule is COCCn1nnnc1[C@@H](c1cc2cc3c(cc2[nH]c1=O)OCCO3)N1CCOCC1. The number of pyridine rings is 1. The lowest BCUT2D eigenvalue weighted by Gasteiger charge is -2.33. The Hall–Kier alpha value is -3.02. The third kappa shape index (κ3) is 3.87. The van der Waals surface area contributed by atoms with Gasteiger partial charge in [0.2, 0.25) is 0 Å². The van der Waals surface area contributed by atoms with E-state index in [9.17, 15) is 4.79 Å². The molecule has 5 rings (SSSR count). The van der Waals surface area contributed by atoms with Crippen molar-refractivity contribution < 1.29 is 18.9 Å². The van der Waals surface area contributed by atoms with Gasteiger partial charge in [0.15, 0.2) is 17.3 Å². The van der Waals surface area contributed by atoms with Crippen molar-refractivity contribution in [3.63, 3.8) is 0 Å². The molecule has 1 N–H and O–H groups in total. The Labute approximate surface area is 177 Å². The summed E-state index contributed by atoms with van der Waals surface area (Å²) >= 11 is 0. The lowest BCUT2D eigenvalue weighted by Crippen LogP contribution is -2.42. The number of aromatic amines is 1. The second-order valence-corrected chi connectivity index (χ2v) is 7.44. The molecule has 2 aliphatic heterocycles. The molecule has 1 fully saturated rings. The molecular formula is C20H24N6O5. The predicted octanol–water partition coefficient (Wildman–Crippen LogP) is 0.354. The van der Waals surface area contributed by atoms with E-state index < -0.39 is 6.04 Å². The highest BCUT2D eigenvalue weighted by molar-refractivity contribution is 5.83. The molecule has 1 aromatic carbocycles. The van der Waals surface area contributed by atoms with E-state index in [2.05, 4.69) is 25.4 Å². The minimum absolute atomic E-state index is 0.193. The standard InChI is InChI=1S/C20H24N6O5/c1-28-5-4-26-19(22-23-24-26)18(25-2-6-29-7-3-25)14-10-13-11-16-17(31-9-8-30-16)12-15(13)21-20(14)27/h10-12,18H,2-9H2,1H3,(H,21,27)/t18-/m1/s1. The summed E-state index contributed by atoms with van der Waals surface area (Å²) in [7, 11) is 1.63. The quantitative estimate of drug-likeness (QED) is 0.594. The maximum Gasteiger partial charge on any atom is 0.253 e. The topological polar surface area (TPSA) is 117 Å². The number of methoxy groups -OCH3 is 1. The summed E-state index contributed by atoms with van der Waals surface area (Å²) in [6.45, 7) is 4.44. The Balaban J connectivity index is 1.62. The van der Waals surface area contributed by atoms with Crippen molar-refractivity contribution in [3.05, 3.63) is 39.9 Å². The number of ether oxygens (including phenoxy) is 4. The number of nitrogens with zero attached hydrogens (tertiary/aromatic N) is 5. The first-order valence-corrected chi connectivity index (χ1v) is 10.3. The van der Waals surface area contributed by atoms with Crippen molar-refractivity contribution in [2.24, 2.45) is 0 Å². The van der Waals surface area contributed by atoms with Gasteiger partial charge in [-0.25, -0.2) is 4.68 Å². The third-order valence-electron chi connectivity index (χ3n) is 5.55. The van der Waals surface area contributed by atoms with Crippen molar-refractivity contribution >= 4 is 10.9 Å². The van der Waals surface area contributed by atoms with Gasteiger partial charge in [-0.05, 0) is 22.6 Å². The van der Waals surface area contributed by atoms with Gasteiger partial charge in [-0.1, -0.05) is 0 Å². The summed E-state index contributed by atoms with van der Waals surface area (Å²) in [5, 5.41) is 13.1. The van der Waals surface area contributed by atoms with Gasteiger partial charge in [0.25, 0.3) is 5.56 Å². The van der Waals surface area contributed by atoms with Crippen molar-refractivity contribution in [1.82, 2.24) is 30.1 Å². The summed E-state index contributed by atoms with van der Waals surface area (Å²) in [6.07, 6.45) is 0. The van der Waals surface area contributed by atoms with Crippen LogP contribution in [0.15, 0.2) is 23.0 Å². The van der Waals surface area contributed by atoms with Crippen LogP contribution < -0.4 is 15.0 Å². The van der Waals surface area contributed by atoms with Crippen LogP contribution in [0.25, 0.3) is 10.9 Å². The molecule has 0 bridgehead atoms. The van der Waals surface area contributed by atoms with Gasteiger partial charge in [-0.15, -0.1) is 5.10 Å². The van der Waals surface area contributed by atoms with E-state index >= 15 is 0 Å². The van der Waals surface area contributed by atoms with Crippen LogP contribution in [0.5, 0.6) is 11.5 Å². The van der Waals surface area contributed by atoms with E-state index in [1.165, 1.54) is 0 Å². The van der Waals surface area contributed by atoms with E-state index in [-0.39, 0.29) is 5.56 Å². The molecule has 1 atom stereocenters. The minimum atomic E-state index is -0.419. The number of H-pyrrole nitrogens is 1. The zero-order chi connectivity index (χ0) is 21.2. The number of benzene rings is 1. The molecule has 4 heterocycles. The van der Waals surface area contributed by atoms with Gasteiger partial charge in [0.05, 0.1) is 31.9 Å². The van der Waals surface area contributed by atoms with Gasteiger partial charge in [0, 0.05) is 37.2 Å². The molecule has 0 aliphatic carbocycles. The third-order valence-corrected chi connectivity index (χ3v) is 5.55. The van der Waals surface area contributed by atoms with Gasteiger partial charge >= 0.3 is 0 Å². The normalized spacial score (nSPS) is 17.7. The highest BCUT2D eigenvalue weighted by atomic mass is 16.6. The molecule has 31 heavy (non-hydrogen) atoms. The van der Waals surface area contributed by atoms with Gasteiger partial charge in [-0.2, -0.15) is 0 Å². The van der Waals surface area contributed by atoms with E-state index in [1.807, 2.05) is 12.1 Å². The lowest BCUT2D eigenvalue weighted by atomic mass is 10.0. The zero-order valence-electron chi connectivity index (χ0n) is 17.2. The zero-order valence-corrected chi connectivity index (χ0v) is 17.2. The smallest absolute Gasteiger partial charge is 0.253 e. The van der Waals surface area contributed by atoms with Crippen LogP contribution in [0, 0.1) is 0 Å². The first kappa shape index (κ1) is 19.9. The monoisotopic (exact) mass is 428 g/mol. The van der Waals surface area contributed by atoms with Crippen LogP contribution in [0.2, 0.25) is 0 Å². The molecule has 1 saturated heterocycles. The van der Waals surface area contributed by atoms with Crippen LogP contribution in [-0.4, -0.2) is 83.3 Å². The van der Waals surface area contributed by atoms with Crippen molar-refractivity contribution in [2.45, 2.75) is 12.6 Å². The molecule has 2 aromatic heterocycles. The average molecular weight is 428 g/mol. The maximum absolute atomic E-state index is 13.2. The fraction of sp³-hybridized carbons (Fsp3) is 0.500. The number of hydrogen-bond acceptors (Lipinski definition) is 9. The average Bonchev–Trinajstić information content (AvgIpc) is 3.26. The number of hydrogen-bond donors (Lipinski definition) is 1. The molecular weight excluding hydrogens is 404 g/mol. The second kappa shape index (κ2) is 8.61. The molecule has 0 amide bonds. The van der Waals surface area contributed by atoms with Crippen LogP contribution in [0.1, 0.15) is 17.4 Å². The summed E-state index contributed by atoms with van der Waals surface area (Å²) < 4.78 is 23.8. The Morgan fingerprint density at radius 1 is 1.13 bits per heavy atom. The Morgan fingerprint density at radius 3 is 2.68 bits per heavy atom. The van der Waals surface area contributed by atoms with E-state index in [0.29, 0.717) is 81.1 Å². The van der Waals surface area contributed by atoms with Crippen LogP contribution >= 0.6 is 0 Å². The Morgan fingerprint density at radius 2 is 1.90 bits per heavy atom. The molecule has 164 valence electrons. The molecule has 11 nitrogen and oxygen atoms in total. The second-order valence-electron chi connectivity index (χ2n) is 7.44. The molecule has 2 aliphatic rings. The van der Waals surface area contributed by atoms with Gasteiger partial charge in [-0.3, -0.25) is 9.69 Å². The number of rotatable bonds is 6. The highest BCUT2D eigenvalue weighted by Crippen LogP contribution is 2.35. The molecule has 0 radical (unpaired) electrons. The van der Waals surface area contributed by atoms with E-state index in [4.69, 9.17) is 18.9 Å². The number of fused-ring (bicyclic) bond motifs is 2. The largest absolute Gasteiger partial charge is 0.486 e. The van der Waals surface area contributed by atoms with Crippen molar-refractivity contribution in [1.29, 1.82) is 0 Å². The summed E-state index contributed by atoms with van der Waals surface area (Å²) in [6, 6.07) is 5.17. The summed E-state index contributed by atoms with van der Waals surface area (Å²) in [5.74, 6) is 1.90. The number of nitrogens with one attached hydrogen (secondary N) is 1. The van der Waals surface area contributed by atoms with E-state index in [1.54, 1.807) is 17.9 Å². The van der Waals surface area contributed by atoms with Crippen LogP contribution in [0.3, 0.4) is 0 Å². The lowest BCUT2D eigenvalue weighted by molar-refractivity contribution is 0.0211. The van der Waals surface area contributed by atoms with Gasteiger partial charge in [0.1, 0.15) is 19.3 Å². The molecule has 0 unspecified atom stereocenters. The first-order valence-electron chi connectivity index (χ1n) is 10.3. The van der Waals surface area contributed by atoms with Crippen LogP contribution in [0.4, 0.5) is 0 Å². The molecule has 3 aromatic rings. The fourth-order valence-corrected chi connectivity index (χ4v) is 4.04. The number of tetrazole rings is 1. The molecule has 0 spiro atoms. The van der Waals surface area contributed by atoms with Crippen molar-refractivity contribution in [2.75, 3.05) is 53.2 Å². The predicted molar refractivity (Wildman–Crippen MR) is 109 cm³/mol. The van der Waals surface area contributed by atoms with Crippen molar-refractivity contribution in [3.8, 4) is 11.5 Å². The molecule has 11 heteroatoms. The van der Waals surface area contributed by atoms with Crippen LogP contribution in [-0.2, 0) is 16.0 Å². The first-order chi connectivity index (χ1) is 15.2. The minimum Gasteiger partial charge on any atom is -0.486 e. The number of aromatic nitrogens is 5. The highest BCUT2D eigenvalue weighted by Gasteiger charge is 2.31.